The van der Waals surface area contributed by atoms with Crippen molar-refractivity contribution in [3.8, 4) is 0 Å². The molecule has 0 saturated carbocycles. The Bertz CT molecular complexity index is 431. The second kappa shape index (κ2) is 9.12. The number of rotatable bonds is 5. The lowest BCUT2D eigenvalue weighted by Gasteiger charge is -2.34. The minimum Gasteiger partial charge on any atom is -1.00 e. The van der Waals surface area contributed by atoms with Crippen LogP contribution in [0.1, 0.15) is 12.0 Å². The Morgan fingerprint density at radius 3 is 2.43 bits per heavy atom. The first-order valence-corrected chi connectivity index (χ1v) is 7.26. The van der Waals surface area contributed by atoms with E-state index < -0.39 is 0 Å². The number of carbonyl (C=O) groups excluding carboxylic acids is 1. The monoisotopic (exact) mass is 357 g/mol. The van der Waals surface area contributed by atoms with Crippen LogP contribution >= 0.6 is 0 Å². The number of aromatic nitrogens is 1. The van der Waals surface area contributed by atoms with Gasteiger partial charge in [-0.3, -0.25) is 9.69 Å². The number of β-amino-alcohol motifs (C(OH)–C–C–N with tert-alkyl or cyclic N) is 1. The lowest BCUT2D eigenvalue weighted by molar-refractivity contribution is -0.696. The van der Waals surface area contributed by atoms with Crippen molar-refractivity contribution in [2.75, 3.05) is 39.3 Å². The van der Waals surface area contributed by atoms with Crippen LogP contribution in [0.2, 0.25) is 0 Å². The van der Waals surface area contributed by atoms with Gasteiger partial charge in [0.15, 0.2) is 18.9 Å². The zero-order valence-corrected chi connectivity index (χ0v) is 14.1. The molecule has 0 spiro atoms. The first kappa shape index (κ1) is 18.1. The summed E-state index contributed by atoms with van der Waals surface area (Å²) in [5.74, 6) is 0.224. The lowest BCUT2D eigenvalue weighted by Crippen LogP contribution is -3.00. The van der Waals surface area contributed by atoms with E-state index in [1.165, 1.54) is 5.56 Å². The predicted octanol–water partition coefficient (Wildman–Crippen LogP) is -3.19. The van der Waals surface area contributed by atoms with Gasteiger partial charge in [0, 0.05) is 44.9 Å². The molecule has 0 unspecified atom stereocenters. The minimum atomic E-state index is 0. The van der Waals surface area contributed by atoms with Crippen molar-refractivity contribution in [1.82, 2.24) is 9.80 Å². The van der Waals surface area contributed by atoms with E-state index in [0.29, 0.717) is 13.0 Å². The highest BCUT2D eigenvalue weighted by molar-refractivity contribution is 5.76. The average Bonchev–Trinajstić information content (AvgIpc) is 2.47. The minimum absolute atomic E-state index is 0. The number of hydrogen-bond acceptors (Lipinski definition) is 3. The summed E-state index contributed by atoms with van der Waals surface area (Å²) in [5, 5.41) is 8.90. The molecule has 1 aromatic rings. The van der Waals surface area contributed by atoms with E-state index in [0.717, 1.165) is 32.7 Å². The maximum absolute atomic E-state index is 12.1. The molecule has 6 heteroatoms. The largest absolute Gasteiger partial charge is 1.00 e. The van der Waals surface area contributed by atoms with Crippen molar-refractivity contribution in [2.45, 2.75) is 19.9 Å². The topological polar surface area (TPSA) is 47.7 Å². The maximum atomic E-state index is 12.1. The number of aryl methyl sites for hydroxylation is 2. The second-order valence-corrected chi connectivity index (χ2v) is 5.31. The van der Waals surface area contributed by atoms with Crippen molar-refractivity contribution < 1.29 is 31.4 Å². The summed E-state index contributed by atoms with van der Waals surface area (Å²) in [6, 6.07) is 4.11. The van der Waals surface area contributed by atoms with Crippen molar-refractivity contribution in [3.05, 3.63) is 30.1 Å². The first-order chi connectivity index (χ1) is 9.69. The third-order valence-corrected chi connectivity index (χ3v) is 3.78. The molecule has 0 radical (unpaired) electrons. The summed E-state index contributed by atoms with van der Waals surface area (Å²) in [5.41, 5.74) is 1.23. The van der Waals surface area contributed by atoms with Gasteiger partial charge in [-0.15, -0.1) is 0 Å². The number of halogens is 1. The molecular formula is C15H24BrN3O2. The van der Waals surface area contributed by atoms with Gasteiger partial charge < -0.3 is 27.0 Å². The molecule has 2 rings (SSSR count). The van der Waals surface area contributed by atoms with E-state index in [-0.39, 0.29) is 29.5 Å². The lowest BCUT2D eigenvalue weighted by atomic mass is 10.2. The van der Waals surface area contributed by atoms with E-state index in [1.807, 2.05) is 21.9 Å². The summed E-state index contributed by atoms with van der Waals surface area (Å²) in [6.07, 6.45) is 4.58. The van der Waals surface area contributed by atoms with Crippen LogP contribution in [0.3, 0.4) is 0 Å². The SMILES string of the molecule is Cc1cc[n+](CCC(=O)N2CCN(CCO)CC2)cc1.[Br-]. The molecular weight excluding hydrogens is 334 g/mol. The molecule has 1 fully saturated rings. The van der Waals surface area contributed by atoms with Gasteiger partial charge in [-0.05, 0) is 12.5 Å². The van der Waals surface area contributed by atoms with Gasteiger partial charge in [0.05, 0.1) is 13.0 Å². The van der Waals surface area contributed by atoms with Crippen molar-refractivity contribution >= 4 is 5.91 Å². The molecule has 5 nitrogen and oxygen atoms in total. The molecule has 0 atom stereocenters. The van der Waals surface area contributed by atoms with E-state index in [9.17, 15) is 4.79 Å². The van der Waals surface area contributed by atoms with Crippen LogP contribution in [-0.2, 0) is 11.3 Å². The third-order valence-electron chi connectivity index (χ3n) is 3.78. The van der Waals surface area contributed by atoms with Crippen LogP contribution in [0.4, 0.5) is 0 Å². The Labute approximate surface area is 136 Å². The molecule has 2 heterocycles. The summed E-state index contributed by atoms with van der Waals surface area (Å²) in [6.45, 7) is 6.97. The molecule has 1 aliphatic rings. The standard InChI is InChI=1S/C15H24N3O2.BrH/c1-14-2-5-16(6-3-14)7-4-15(20)18-10-8-17(9-11-18)12-13-19;/h2-3,5-6,19H,4,7-13H2,1H3;1H/q+1;/p-1. The fraction of sp³-hybridized carbons (Fsp3) is 0.600. The number of aliphatic hydroxyl groups excluding tert-OH is 1. The first-order valence-electron chi connectivity index (χ1n) is 7.26. The molecule has 1 N–H and O–H groups in total. The maximum Gasteiger partial charge on any atom is 0.229 e. The van der Waals surface area contributed by atoms with Gasteiger partial charge in [0.2, 0.25) is 5.91 Å². The number of amides is 1. The summed E-state index contributed by atoms with van der Waals surface area (Å²) in [4.78, 5) is 16.3. The van der Waals surface area contributed by atoms with Gasteiger partial charge in [0.25, 0.3) is 0 Å². The van der Waals surface area contributed by atoms with Gasteiger partial charge in [0.1, 0.15) is 0 Å². The summed E-state index contributed by atoms with van der Waals surface area (Å²) < 4.78 is 2.05. The molecule has 0 bridgehead atoms. The number of nitrogens with zero attached hydrogens (tertiary/aromatic N) is 3. The van der Waals surface area contributed by atoms with E-state index in [1.54, 1.807) is 0 Å². The summed E-state index contributed by atoms with van der Waals surface area (Å²) in [7, 11) is 0. The Kier molecular flexibility index (Phi) is 7.85. The van der Waals surface area contributed by atoms with E-state index >= 15 is 0 Å². The average molecular weight is 358 g/mol. The smallest absolute Gasteiger partial charge is 0.229 e. The highest BCUT2D eigenvalue weighted by atomic mass is 79.9. The predicted molar refractivity (Wildman–Crippen MR) is 76.1 cm³/mol. The van der Waals surface area contributed by atoms with Crippen LogP contribution < -0.4 is 21.5 Å². The second-order valence-electron chi connectivity index (χ2n) is 5.31. The Morgan fingerprint density at radius 1 is 1.24 bits per heavy atom. The quantitative estimate of drug-likeness (QED) is 0.565. The molecule has 1 saturated heterocycles. The Hall–Kier alpha value is -0.980. The molecule has 1 aromatic heterocycles. The zero-order chi connectivity index (χ0) is 14.4. The van der Waals surface area contributed by atoms with Gasteiger partial charge >= 0.3 is 0 Å². The summed E-state index contributed by atoms with van der Waals surface area (Å²) >= 11 is 0. The molecule has 0 aliphatic carbocycles. The normalized spacial score (nSPS) is 15.6. The fourth-order valence-electron chi connectivity index (χ4n) is 2.43. The number of piperazine rings is 1. The zero-order valence-electron chi connectivity index (χ0n) is 12.5. The fourth-order valence-corrected chi connectivity index (χ4v) is 2.43. The van der Waals surface area contributed by atoms with Crippen LogP contribution in [0.25, 0.3) is 0 Å². The number of aliphatic hydroxyl groups is 1. The number of carbonyl (C=O) groups is 1. The Morgan fingerprint density at radius 2 is 1.86 bits per heavy atom. The Balaban J connectivity index is 0.00000220. The number of hydrogen-bond donors (Lipinski definition) is 1. The van der Waals surface area contributed by atoms with E-state index in [2.05, 4.69) is 24.0 Å². The van der Waals surface area contributed by atoms with Crippen LogP contribution in [0.5, 0.6) is 0 Å². The molecule has 21 heavy (non-hydrogen) atoms. The molecule has 1 amide bonds. The van der Waals surface area contributed by atoms with Crippen molar-refractivity contribution in [3.63, 3.8) is 0 Å². The highest BCUT2D eigenvalue weighted by Crippen LogP contribution is 2.03. The van der Waals surface area contributed by atoms with Gasteiger partial charge in [-0.2, -0.15) is 0 Å². The van der Waals surface area contributed by atoms with Crippen molar-refractivity contribution in [2.24, 2.45) is 0 Å². The van der Waals surface area contributed by atoms with Gasteiger partial charge in [-0.1, -0.05) is 0 Å². The highest BCUT2D eigenvalue weighted by Gasteiger charge is 2.21. The van der Waals surface area contributed by atoms with Crippen LogP contribution in [0, 0.1) is 6.92 Å². The molecule has 0 aromatic carbocycles. The van der Waals surface area contributed by atoms with Crippen LogP contribution in [-0.4, -0.2) is 60.1 Å². The van der Waals surface area contributed by atoms with Crippen LogP contribution in [0.15, 0.2) is 24.5 Å². The number of pyridine rings is 1. The molecule has 118 valence electrons. The third kappa shape index (κ3) is 5.73. The van der Waals surface area contributed by atoms with E-state index in [4.69, 9.17) is 5.11 Å². The van der Waals surface area contributed by atoms with Gasteiger partial charge in [-0.25, -0.2) is 4.57 Å². The van der Waals surface area contributed by atoms with Crippen molar-refractivity contribution in [1.29, 1.82) is 0 Å². The molecule has 1 aliphatic heterocycles.